The van der Waals surface area contributed by atoms with Gasteiger partial charge >= 0.3 is 0 Å². The van der Waals surface area contributed by atoms with Crippen LogP contribution in [-0.2, 0) is 10.0 Å². The van der Waals surface area contributed by atoms with E-state index in [0.717, 1.165) is 18.6 Å². The van der Waals surface area contributed by atoms with E-state index in [1.165, 1.54) is 0 Å². The molecule has 0 atom stereocenters. The summed E-state index contributed by atoms with van der Waals surface area (Å²) in [7, 11) is -3.04. The lowest BCUT2D eigenvalue weighted by Crippen LogP contribution is -2.42. The van der Waals surface area contributed by atoms with Crippen LogP contribution in [0.25, 0.3) is 0 Å². The van der Waals surface area contributed by atoms with Crippen LogP contribution in [0.4, 0.5) is 0 Å². The number of sulfonamides is 1. The van der Waals surface area contributed by atoms with Crippen molar-refractivity contribution in [1.82, 2.24) is 4.31 Å². The van der Waals surface area contributed by atoms with E-state index in [1.54, 1.807) is 11.2 Å². The first-order valence-corrected chi connectivity index (χ1v) is 7.92. The van der Waals surface area contributed by atoms with Gasteiger partial charge in [0.1, 0.15) is 11.9 Å². The summed E-state index contributed by atoms with van der Waals surface area (Å²) in [4.78, 5) is 0. The Bertz CT molecular complexity index is 464. The van der Waals surface area contributed by atoms with Crippen LogP contribution >= 0.6 is 0 Å². The molecule has 0 unspecified atom stereocenters. The number of hydrogen-bond donors (Lipinski definition) is 0. The first-order chi connectivity index (χ1) is 8.62. The Morgan fingerprint density at radius 3 is 2.39 bits per heavy atom. The van der Waals surface area contributed by atoms with Gasteiger partial charge in [0.15, 0.2) is 0 Å². The quantitative estimate of drug-likeness (QED) is 0.838. The van der Waals surface area contributed by atoms with Crippen molar-refractivity contribution < 1.29 is 13.2 Å². The largest absolute Gasteiger partial charge is 0.490 e. The molecule has 0 aromatic heterocycles. The first kappa shape index (κ1) is 13.4. The standard InChI is InChI=1S/C13H19NO3S/c1-2-18(15,16)14-10-8-13(9-11-14)17-12-6-4-3-5-7-12/h3-7,13H,2,8-11H2,1H3. The molecule has 0 amide bonds. The summed E-state index contributed by atoms with van der Waals surface area (Å²) in [6, 6.07) is 9.67. The van der Waals surface area contributed by atoms with Crippen molar-refractivity contribution in [3.05, 3.63) is 30.3 Å². The van der Waals surface area contributed by atoms with Crippen LogP contribution in [0.15, 0.2) is 30.3 Å². The molecule has 1 aliphatic rings. The third-order valence-electron chi connectivity index (χ3n) is 3.21. The molecule has 0 spiro atoms. The molecule has 4 nitrogen and oxygen atoms in total. The summed E-state index contributed by atoms with van der Waals surface area (Å²) in [5.41, 5.74) is 0. The normalized spacial score (nSPS) is 18.7. The van der Waals surface area contributed by atoms with Gasteiger partial charge in [0.05, 0.1) is 5.75 Å². The number of nitrogens with zero attached hydrogens (tertiary/aromatic N) is 1. The maximum atomic E-state index is 11.7. The van der Waals surface area contributed by atoms with Crippen LogP contribution in [0.2, 0.25) is 0 Å². The molecule has 1 aliphatic heterocycles. The maximum absolute atomic E-state index is 11.7. The van der Waals surface area contributed by atoms with Gasteiger partial charge in [0.25, 0.3) is 0 Å². The second kappa shape index (κ2) is 5.71. The van der Waals surface area contributed by atoms with Crippen molar-refractivity contribution >= 4 is 10.0 Å². The van der Waals surface area contributed by atoms with Gasteiger partial charge in [-0.25, -0.2) is 12.7 Å². The lowest BCUT2D eigenvalue weighted by atomic mass is 10.1. The number of hydrogen-bond acceptors (Lipinski definition) is 3. The van der Waals surface area contributed by atoms with Crippen LogP contribution in [0.5, 0.6) is 5.75 Å². The van der Waals surface area contributed by atoms with Crippen LogP contribution in [0.3, 0.4) is 0 Å². The Labute approximate surface area is 109 Å². The van der Waals surface area contributed by atoms with Gasteiger partial charge in [-0.05, 0) is 31.9 Å². The number of para-hydroxylation sites is 1. The summed E-state index contributed by atoms with van der Waals surface area (Å²) in [5, 5.41) is 0. The van der Waals surface area contributed by atoms with Gasteiger partial charge in [0.2, 0.25) is 10.0 Å². The van der Waals surface area contributed by atoms with E-state index in [1.807, 2.05) is 30.3 Å². The fourth-order valence-corrected chi connectivity index (χ4v) is 3.23. The molecule has 1 aromatic rings. The minimum Gasteiger partial charge on any atom is -0.490 e. The zero-order valence-electron chi connectivity index (χ0n) is 10.6. The zero-order chi connectivity index (χ0) is 13.0. The molecule has 18 heavy (non-hydrogen) atoms. The van der Waals surface area contributed by atoms with E-state index >= 15 is 0 Å². The van der Waals surface area contributed by atoms with E-state index in [4.69, 9.17) is 4.74 Å². The second-order valence-electron chi connectivity index (χ2n) is 4.43. The van der Waals surface area contributed by atoms with E-state index in [-0.39, 0.29) is 11.9 Å². The smallest absolute Gasteiger partial charge is 0.213 e. The average molecular weight is 269 g/mol. The van der Waals surface area contributed by atoms with Crippen molar-refractivity contribution in [2.24, 2.45) is 0 Å². The van der Waals surface area contributed by atoms with E-state index in [2.05, 4.69) is 0 Å². The Morgan fingerprint density at radius 1 is 1.22 bits per heavy atom. The molecule has 5 heteroatoms. The molecule has 2 rings (SSSR count). The predicted octanol–water partition coefficient (Wildman–Crippen LogP) is 1.88. The molecule has 0 bridgehead atoms. The van der Waals surface area contributed by atoms with Crippen molar-refractivity contribution in [3.63, 3.8) is 0 Å². The van der Waals surface area contributed by atoms with Crippen molar-refractivity contribution in [2.45, 2.75) is 25.9 Å². The molecule has 1 fully saturated rings. The Morgan fingerprint density at radius 2 is 1.83 bits per heavy atom. The molecule has 1 saturated heterocycles. The molecule has 0 aliphatic carbocycles. The number of piperidine rings is 1. The van der Waals surface area contributed by atoms with Gasteiger partial charge in [-0.15, -0.1) is 0 Å². The van der Waals surface area contributed by atoms with Crippen molar-refractivity contribution in [1.29, 1.82) is 0 Å². The number of rotatable bonds is 4. The fraction of sp³-hybridized carbons (Fsp3) is 0.538. The van der Waals surface area contributed by atoms with E-state index < -0.39 is 10.0 Å². The number of ether oxygens (including phenoxy) is 1. The molecule has 1 heterocycles. The summed E-state index contributed by atoms with van der Waals surface area (Å²) < 4.78 is 30.8. The van der Waals surface area contributed by atoms with Gasteiger partial charge in [-0.3, -0.25) is 0 Å². The van der Waals surface area contributed by atoms with Crippen LogP contribution in [0, 0.1) is 0 Å². The van der Waals surface area contributed by atoms with Gasteiger partial charge in [-0.2, -0.15) is 0 Å². The summed E-state index contributed by atoms with van der Waals surface area (Å²) in [5.74, 6) is 1.03. The minimum atomic E-state index is -3.04. The van der Waals surface area contributed by atoms with Gasteiger partial charge < -0.3 is 4.74 Å². The summed E-state index contributed by atoms with van der Waals surface area (Å²) in [6.45, 7) is 2.81. The molecule has 0 radical (unpaired) electrons. The van der Waals surface area contributed by atoms with Crippen LogP contribution in [0.1, 0.15) is 19.8 Å². The molecule has 1 aromatic carbocycles. The molecule has 0 N–H and O–H groups in total. The highest BCUT2D eigenvalue weighted by atomic mass is 32.2. The minimum absolute atomic E-state index is 0.121. The van der Waals surface area contributed by atoms with Crippen LogP contribution < -0.4 is 4.74 Å². The second-order valence-corrected chi connectivity index (χ2v) is 6.69. The molecular formula is C13H19NO3S. The highest BCUT2D eigenvalue weighted by Gasteiger charge is 2.27. The third-order valence-corrected chi connectivity index (χ3v) is 5.09. The highest BCUT2D eigenvalue weighted by Crippen LogP contribution is 2.20. The monoisotopic (exact) mass is 269 g/mol. The first-order valence-electron chi connectivity index (χ1n) is 6.31. The SMILES string of the molecule is CCS(=O)(=O)N1CCC(Oc2ccccc2)CC1. The fourth-order valence-electron chi connectivity index (χ4n) is 2.10. The number of benzene rings is 1. The van der Waals surface area contributed by atoms with E-state index in [9.17, 15) is 8.42 Å². The lowest BCUT2D eigenvalue weighted by Gasteiger charge is -2.31. The topological polar surface area (TPSA) is 46.6 Å². The Hall–Kier alpha value is -1.07. The summed E-state index contributed by atoms with van der Waals surface area (Å²) in [6.07, 6.45) is 1.64. The third kappa shape index (κ3) is 3.23. The maximum Gasteiger partial charge on any atom is 0.213 e. The van der Waals surface area contributed by atoms with Crippen molar-refractivity contribution in [2.75, 3.05) is 18.8 Å². The molecule has 0 saturated carbocycles. The highest BCUT2D eigenvalue weighted by molar-refractivity contribution is 7.89. The average Bonchev–Trinajstić information content (AvgIpc) is 2.40. The van der Waals surface area contributed by atoms with Gasteiger partial charge in [0, 0.05) is 13.1 Å². The summed E-state index contributed by atoms with van der Waals surface area (Å²) >= 11 is 0. The van der Waals surface area contributed by atoms with E-state index in [0.29, 0.717) is 13.1 Å². The van der Waals surface area contributed by atoms with Gasteiger partial charge in [-0.1, -0.05) is 18.2 Å². The zero-order valence-corrected chi connectivity index (χ0v) is 11.4. The lowest BCUT2D eigenvalue weighted by molar-refractivity contribution is 0.135. The molecule has 100 valence electrons. The van der Waals surface area contributed by atoms with Crippen molar-refractivity contribution in [3.8, 4) is 5.75 Å². The predicted molar refractivity (Wildman–Crippen MR) is 71.1 cm³/mol. The Balaban J connectivity index is 1.88. The molecular weight excluding hydrogens is 250 g/mol. The Kier molecular flexibility index (Phi) is 4.24. The van der Waals surface area contributed by atoms with Crippen LogP contribution in [-0.4, -0.2) is 37.7 Å².